The van der Waals surface area contributed by atoms with E-state index in [2.05, 4.69) is 20.2 Å². The molecule has 2 fully saturated rings. The van der Waals surface area contributed by atoms with E-state index in [4.69, 9.17) is 0 Å². The molecule has 2 N–H and O–H groups in total. The van der Waals surface area contributed by atoms with Crippen LogP contribution in [0, 0.1) is 10.1 Å². The molecule has 1 saturated heterocycles. The van der Waals surface area contributed by atoms with Crippen LogP contribution in [-0.4, -0.2) is 52.2 Å². The number of aromatic nitrogens is 2. The highest BCUT2D eigenvalue weighted by molar-refractivity contribution is 5.59. The molecular formula is C17H20N6O3. The smallest absolute Gasteiger partial charge is 0.329 e. The van der Waals surface area contributed by atoms with Crippen LogP contribution in [0.3, 0.4) is 0 Å². The van der Waals surface area contributed by atoms with Gasteiger partial charge in [0, 0.05) is 37.9 Å². The highest BCUT2D eigenvalue weighted by atomic mass is 16.6. The average molecular weight is 356 g/mol. The predicted octanol–water partition coefficient (Wildman–Crippen LogP) is 1.99. The number of nitrogens with zero attached hydrogens (tertiary/aromatic N) is 5. The Hall–Kier alpha value is -3.10. The summed E-state index contributed by atoms with van der Waals surface area (Å²) in [5.74, 6) is 1.08. The molecule has 0 amide bonds. The number of anilines is 3. The van der Waals surface area contributed by atoms with E-state index in [1.807, 2.05) is 17.0 Å². The molecule has 9 heteroatoms. The van der Waals surface area contributed by atoms with Gasteiger partial charge in [0.25, 0.3) is 0 Å². The summed E-state index contributed by atoms with van der Waals surface area (Å²) in [4.78, 5) is 23.6. The first kappa shape index (κ1) is 16.4. The van der Waals surface area contributed by atoms with E-state index in [0.717, 1.165) is 44.7 Å². The Labute approximate surface area is 150 Å². The number of nitrogens with one attached hydrogen (secondary N) is 1. The minimum atomic E-state index is -0.447. The summed E-state index contributed by atoms with van der Waals surface area (Å²) in [6, 6.07) is 7.42. The summed E-state index contributed by atoms with van der Waals surface area (Å²) >= 11 is 0. The SMILES string of the molecule is O=[N+]([O-])c1cnc(N2CCN(c3ccc(O)cc3)CC2)nc1NC1CC1. The standard InChI is InChI=1S/C17H20N6O3/c24-14-5-3-13(4-6-14)21-7-9-22(10-8-21)17-18-11-15(23(25)26)16(20-17)19-12-1-2-12/h3-6,11-12,24H,1-2,7-10H2,(H,18,19,20). The molecule has 136 valence electrons. The Balaban J connectivity index is 1.46. The van der Waals surface area contributed by atoms with Crippen LogP contribution in [0.4, 0.5) is 23.1 Å². The van der Waals surface area contributed by atoms with Gasteiger partial charge in [-0.1, -0.05) is 0 Å². The summed E-state index contributed by atoms with van der Waals surface area (Å²) < 4.78 is 0. The van der Waals surface area contributed by atoms with Gasteiger partial charge in [0.05, 0.1) is 4.92 Å². The van der Waals surface area contributed by atoms with Crippen LogP contribution in [0.1, 0.15) is 12.8 Å². The van der Waals surface area contributed by atoms with Gasteiger partial charge in [-0.25, -0.2) is 4.98 Å². The van der Waals surface area contributed by atoms with Crippen molar-refractivity contribution >= 4 is 23.1 Å². The maximum Gasteiger partial charge on any atom is 0.329 e. The molecule has 26 heavy (non-hydrogen) atoms. The van der Waals surface area contributed by atoms with E-state index in [1.54, 1.807) is 12.1 Å². The lowest BCUT2D eigenvalue weighted by Crippen LogP contribution is -2.47. The maximum absolute atomic E-state index is 11.2. The van der Waals surface area contributed by atoms with Crippen LogP contribution in [0.25, 0.3) is 0 Å². The van der Waals surface area contributed by atoms with Crippen molar-refractivity contribution in [2.75, 3.05) is 41.3 Å². The largest absolute Gasteiger partial charge is 0.508 e. The van der Waals surface area contributed by atoms with Crippen molar-refractivity contribution in [2.24, 2.45) is 0 Å². The highest BCUT2D eigenvalue weighted by Gasteiger charge is 2.28. The monoisotopic (exact) mass is 356 g/mol. The topological polar surface area (TPSA) is 108 Å². The fourth-order valence-electron chi connectivity index (χ4n) is 3.01. The third kappa shape index (κ3) is 3.46. The molecule has 9 nitrogen and oxygen atoms in total. The van der Waals surface area contributed by atoms with Crippen molar-refractivity contribution in [3.8, 4) is 5.75 Å². The molecular weight excluding hydrogens is 336 g/mol. The van der Waals surface area contributed by atoms with Crippen LogP contribution >= 0.6 is 0 Å². The predicted molar refractivity (Wildman–Crippen MR) is 97.9 cm³/mol. The number of benzene rings is 1. The number of piperazine rings is 1. The number of phenolic OH excluding ortho intramolecular Hbond substituents is 1. The molecule has 2 aromatic rings. The lowest BCUT2D eigenvalue weighted by Gasteiger charge is -2.36. The fourth-order valence-corrected chi connectivity index (χ4v) is 3.01. The normalized spacial score (nSPS) is 17.2. The molecule has 0 radical (unpaired) electrons. The summed E-state index contributed by atoms with van der Waals surface area (Å²) in [6.07, 6.45) is 3.32. The second kappa shape index (κ2) is 6.66. The molecule has 0 spiro atoms. The molecule has 0 unspecified atom stereocenters. The average Bonchev–Trinajstić information content (AvgIpc) is 3.46. The fraction of sp³-hybridized carbons (Fsp3) is 0.412. The number of phenols is 1. The Bertz CT molecular complexity index is 801. The summed E-state index contributed by atoms with van der Waals surface area (Å²) in [5.41, 5.74) is 0.978. The van der Waals surface area contributed by atoms with Gasteiger partial charge in [-0.15, -0.1) is 0 Å². The van der Waals surface area contributed by atoms with Crippen LogP contribution < -0.4 is 15.1 Å². The molecule has 1 aliphatic heterocycles. The van der Waals surface area contributed by atoms with Crippen LogP contribution in [0.2, 0.25) is 0 Å². The first-order valence-electron chi connectivity index (χ1n) is 8.67. The third-order valence-electron chi connectivity index (χ3n) is 4.65. The molecule has 1 aromatic carbocycles. The molecule has 2 heterocycles. The van der Waals surface area contributed by atoms with Crippen molar-refractivity contribution in [3.63, 3.8) is 0 Å². The van der Waals surface area contributed by atoms with Crippen molar-refractivity contribution in [1.82, 2.24) is 9.97 Å². The van der Waals surface area contributed by atoms with Gasteiger partial charge in [0.1, 0.15) is 11.9 Å². The van der Waals surface area contributed by atoms with Gasteiger partial charge in [-0.05, 0) is 37.1 Å². The van der Waals surface area contributed by atoms with Gasteiger partial charge in [0.15, 0.2) is 0 Å². The van der Waals surface area contributed by atoms with Crippen LogP contribution in [0.15, 0.2) is 30.5 Å². The Kier molecular flexibility index (Phi) is 4.19. The van der Waals surface area contributed by atoms with E-state index in [1.165, 1.54) is 6.20 Å². The summed E-state index contributed by atoms with van der Waals surface area (Å²) in [6.45, 7) is 3.02. The number of rotatable bonds is 5. The molecule has 1 aliphatic carbocycles. The first-order chi connectivity index (χ1) is 12.6. The summed E-state index contributed by atoms with van der Waals surface area (Å²) in [7, 11) is 0. The van der Waals surface area contributed by atoms with Crippen molar-refractivity contribution < 1.29 is 10.0 Å². The van der Waals surface area contributed by atoms with Crippen molar-refractivity contribution in [2.45, 2.75) is 18.9 Å². The third-order valence-corrected chi connectivity index (χ3v) is 4.65. The number of aromatic hydroxyl groups is 1. The van der Waals surface area contributed by atoms with E-state index in [0.29, 0.717) is 11.8 Å². The minimum Gasteiger partial charge on any atom is -0.508 e. The van der Waals surface area contributed by atoms with Crippen LogP contribution in [-0.2, 0) is 0 Å². The van der Waals surface area contributed by atoms with Gasteiger partial charge in [-0.2, -0.15) is 4.98 Å². The van der Waals surface area contributed by atoms with Crippen molar-refractivity contribution in [1.29, 1.82) is 0 Å². The maximum atomic E-state index is 11.2. The zero-order chi connectivity index (χ0) is 18.1. The van der Waals surface area contributed by atoms with Gasteiger partial charge >= 0.3 is 5.69 Å². The van der Waals surface area contributed by atoms with Crippen molar-refractivity contribution in [3.05, 3.63) is 40.6 Å². The Morgan fingerprint density at radius 3 is 2.38 bits per heavy atom. The van der Waals surface area contributed by atoms with Crippen LogP contribution in [0.5, 0.6) is 5.75 Å². The minimum absolute atomic E-state index is 0.0802. The zero-order valence-corrected chi connectivity index (χ0v) is 14.2. The molecule has 0 atom stereocenters. The van der Waals surface area contributed by atoms with Gasteiger partial charge in [0.2, 0.25) is 11.8 Å². The number of nitro groups is 1. The molecule has 1 aromatic heterocycles. The zero-order valence-electron chi connectivity index (χ0n) is 14.2. The van der Waals surface area contributed by atoms with E-state index in [9.17, 15) is 15.2 Å². The van der Waals surface area contributed by atoms with E-state index >= 15 is 0 Å². The number of hydrogen-bond acceptors (Lipinski definition) is 8. The van der Waals surface area contributed by atoms with Gasteiger partial charge in [-0.3, -0.25) is 10.1 Å². The lowest BCUT2D eigenvalue weighted by molar-refractivity contribution is -0.384. The summed E-state index contributed by atoms with van der Waals surface area (Å²) in [5, 5.41) is 23.7. The second-order valence-electron chi connectivity index (χ2n) is 6.57. The second-order valence-corrected chi connectivity index (χ2v) is 6.57. The Morgan fingerprint density at radius 2 is 1.77 bits per heavy atom. The Morgan fingerprint density at radius 1 is 1.12 bits per heavy atom. The molecule has 0 bridgehead atoms. The first-order valence-corrected chi connectivity index (χ1v) is 8.67. The van der Waals surface area contributed by atoms with Gasteiger partial charge < -0.3 is 20.2 Å². The quantitative estimate of drug-likeness (QED) is 0.619. The highest BCUT2D eigenvalue weighted by Crippen LogP contribution is 2.30. The molecule has 2 aliphatic rings. The number of hydrogen-bond donors (Lipinski definition) is 2. The van der Waals surface area contributed by atoms with E-state index in [-0.39, 0.29) is 17.5 Å². The van der Waals surface area contributed by atoms with E-state index < -0.39 is 4.92 Å². The molecule has 1 saturated carbocycles. The molecule has 4 rings (SSSR count). The lowest BCUT2D eigenvalue weighted by atomic mass is 10.2.